The number of benzene rings is 2. The third kappa shape index (κ3) is 40.7. The largest absolute Gasteiger partial charge is 0.412 e. The van der Waals surface area contributed by atoms with E-state index in [1.54, 1.807) is 24.3 Å². The summed E-state index contributed by atoms with van der Waals surface area (Å²) in [6.07, 6.45) is -2.45. The first-order valence-electron chi connectivity index (χ1n) is 33.2. The molecule has 29 heteroatoms. The lowest BCUT2D eigenvalue weighted by Gasteiger charge is -2.23. The second kappa shape index (κ2) is 52.9. The Balaban J connectivity index is -0.000000818. The van der Waals surface area contributed by atoms with Gasteiger partial charge in [-0.05, 0) is 122 Å². The van der Waals surface area contributed by atoms with Crippen LogP contribution in [0.4, 0.5) is 0 Å². The molecular weight excluding hydrogens is 1270 g/mol. The monoisotopic (exact) mass is 1390 g/mol. The van der Waals surface area contributed by atoms with E-state index in [0.29, 0.717) is 98.8 Å². The molecule has 564 valence electrons. The summed E-state index contributed by atoms with van der Waals surface area (Å²) in [5.41, 5.74) is 6.98. The number of aliphatic hydroxyl groups excluding tert-OH is 1. The van der Waals surface area contributed by atoms with Crippen molar-refractivity contribution in [1.29, 1.82) is 0 Å². The van der Waals surface area contributed by atoms with Crippen LogP contribution < -0.4 is 60.6 Å². The van der Waals surface area contributed by atoms with Gasteiger partial charge in [0.25, 0.3) is 59.1 Å². The number of fused-ring (bicyclic) bond motifs is 1. The highest BCUT2D eigenvalue weighted by Gasteiger charge is 2.40. The number of hydrogen-bond acceptors (Lipinski definition) is 19. The Hall–Kier alpha value is -7.06. The van der Waals surface area contributed by atoms with Crippen LogP contribution in [0, 0.1) is 59.2 Å². The molecule has 2 aromatic rings. The third-order valence-corrected chi connectivity index (χ3v) is 13.1. The van der Waals surface area contributed by atoms with Crippen LogP contribution in [0.25, 0.3) is 0 Å². The maximum atomic E-state index is 13.5. The van der Waals surface area contributed by atoms with Gasteiger partial charge < -0.3 is 37.2 Å². The van der Waals surface area contributed by atoms with Crippen LogP contribution in [-0.2, 0) is 48.2 Å². The molecule has 0 radical (unpaired) electrons. The Labute approximate surface area is 583 Å². The average Bonchev–Trinajstić information content (AvgIpc) is 1.62. The molecule has 1 aliphatic rings. The fraction of sp³-hybridized carbons (Fsp3) is 0.681. The number of hydrazine groups is 1. The normalized spacial score (nSPS) is 13.0. The van der Waals surface area contributed by atoms with Gasteiger partial charge in [-0.25, -0.2) is 27.2 Å². The lowest BCUT2D eigenvalue weighted by atomic mass is 10.0. The highest BCUT2D eigenvalue weighted by atomic mass is 16.7. The topological polar surface area (TPSA) is 446 Å². The summed E-state index contributed by atoms with van der Waals surface area (Å²) in [4.78, 5) is 155. The molecule has 98 heavy (non-hydrogen) atoms. The van der Waals surface area contributed by atoms with Gasteiger partial charge in [-0.2, -0.15) is 0 Å². The minimum atomic E-state index is -1.01. The number of rotatable bonds is 37. The molecule has 10 amide bonds. The molecule has 1 heterocycles. The summed E-state index contributed by atoms with van der Waals surface area (Å²) in [7, 11) is 1.00. The average molecular weight is 1400 g/mol. The van der Waals surface area contributed by atoms with Crippen LogP contribution in [-0.4, -0.2) is 145 Å². The zero-order valence-corrected chi connectivity index (χ0v) is 61.5. The summed E-state index contributed by atoms with van der Waals surface area (Å²) in [5.74, 6) is 9.91. The summed E-state index contributed by atoms with van der Waals surface area (Å²) >= 11 is 0. The van der Waals surface area contributed by atoms with Crippen LogP contribution in [0.15, 0.2) is 42.5 Å². The van der Waals surface area contributed by atoms with E-state index in [-0.39, 0.29) is 82.8 Å². The fourth-order valence-electron chi connectivity index (χ4n) is 8.24. The Morgan fingerprint density at radius 3 is 0.827 bits per heavy atom. The van der Waals surface area contributed by atoms with Gasteiger partial charge in [-0.1, -0.05) is 158 Å². The summed E-state index contributed by atoms with van der Waals surface area (Å²) in [6.45, 7) is 41.6. The molecule has 1 aliphatic heterocycles. The van der Waals surface area contributed by atoms with Gasteiger partial charge in [0.15, 0.2) is 30.5 Å². The summed E-state index contributed by atoms with van der Waals surface area (Å²) in [6, 6.07) is 10.2. The van der Waals surface area contributed by atoms with Crippen LogP contribution in [0.5, 0.6) is 0 Å². The van der Waals surface area contributed by atoms with Crippen molar-refractivity contribution in [2.45, 2.75) is 209 Å². The first kappa shape index (κ1) is 97.3. The maximum absolute atomic E-state index is 13.5. The standard InChI is InChI=1S/C39H66N6O9.C18H24N2O4.C10H22N2O2.CH4O.CH4.H4N2.H2O/c1-22(2)13-31(37(49)40-19-25(7)8)52-43-34(46)28-16-29(35(47)44-53-32(14-23(3)4)38(50)41-20-26(9)10)18-30(17-28)36(48)45-54-33(15-24(5)6)39(51)42-21-27(11)12;1-11(2)9-15(16(21)19-10-12(3)4)24-20-17(22)13-7-5-6-8-14(13)18(20)23;1-7(2)5-9(14-11)10(13)12-6-8(3)4;1-2;;1-2;/h16-18,22-27,31-33H,13-15,19-21H2,1-12H3,(H,40,49)(H,41,50)(H,42,51)(H,43,46)(H,44,47)(H,45,48);5-8,11-12,15H,9-10H2,1-4H3,(H,19,21);7-9H,5-6,11H2,1-4H3,(H,12,13);2H,1H3;1H4;1-2H2;1H2/t31-,32-,33-;15-;9-;;;;/m111..../s1. The van der Waals surface area contributed by atoms with E-state index in [9.17, 15) is 47.9 Å². The van der Waals surface area contributed by atoms with Gasteiger partial charge in [-0.3, -0.25) is 79.0 Å². The Bertz CT molecular complexity index is 2460. The van der Waals surface area contributed by atoms with E-state index < -0.39 is 77.8 Å². The van der Waals surface area contributed by atoms with Crippen molar-refractivity contribution in [1.82, 2.24) is 48.1 Å². The number of aliphatic hydroxyl groups is 1. The highest BCUT2D eigenvalue weighted by Crippen LogP contribution is 2.25. The smallest absolute Gasteiger partial charge is 0.285 e. The van der Waals surface area contributed by atoms with Crippen LogP contribution >= 0.6 is 0 Å². The number of carbonyl (C=O) groups is 10. The Morgan fingerprint density at radius 2 is 0.602 bits per heavy atom. The summed E-state index contributed by atoms with van der Waals surface area (Å²) < 4.78 is 0. The number of hydrogen-bond donors (Lipinski definition) is 12. The van der Waals surface area contributed by atoms with Crippen LogP contribution in [0.2, 0.25) is 0 Å². The minimum Gasteiger partial charge on any atom is -0.412 e. The van der Waals surface area contributed by atoms with E-state index in [0.717, 1.165) is 7.11 Å². The number of nitrogens with zero attached hydrogens (tertiary/aromatic N) is 1. The van der Waals surface area contributed by atoms with Crippen LogP contribution in [0.1, 0.15) is 230 Å². The minimum absolute atomic E-state index is 0. The van der Waals surface area contributed by atoms with Crippen LogP contribution in [0.3, 0.4) is 0 Å². The molecule has 0 fully saturated rings. The van der Waals surface area contributed by atoms with E-state index in [4.69, 9.17) is 30.4 Å². The van der Waals surface area contributed by atoms with E-state index >= 15 is 0 Å². The van der Waals surface area contributed by atoms with Crippen molar-refractivity contribution in [3.05, 3.63) is 70.3 Å². The number of carbonyl (C=O) groups excluding carboxylic acids is 10. The van der Waals surface area contributed by atoms with Gasteiger partial charge in [-0.15, -0.1) is 5.06 Å². The SMILES string of the molecule is C.CC(C)CNC(=O)[C@@H](CC(C)C)ON.CC(C)CNC(=O)[C@@H](CC(C)C)ON1C(=O)c2ccccc2C1=O.CC(C)CNC(=O)[C@@H](CC(C)C)ONC(=O)c1cc(C(=O)NO[C@H](CC(C)C)C(=O)NCC(C)C)cc(C(=O)NO[C@H](CC(C)C)C(=O)NCC(C)C)c1.CO.NN.O. The van der Waals surface area contributed by atoms with Gasteiger partial charge in [0.1, 0.15) is 0 Å². The van der Waals surface area contributed by atoms with Gasteiger partial charge in [0, 0.05) is 56.5 Å². The van der Waals surface area contributed by atoms with Gasteiger partial charge in [0.2, 0.25) is 0 Å². The predicted molar refractivity (Wildman–Crippen MR) is 378 cm³/mol. The molecule has 0 saturated heterocycles. The van der Waals surface area contributed by atoms with Crippen molar-refractivity contribution in [3.63, 3.8) is 0 Å². The first-order chi connectivity index (χ1) is 45.0. The molecule has 0 bridgehead atoms. The Morgan fingerprint density at radius 1 is 0.388 bits per heavy atom. The number of hydroxylamine groups is 5. The lowest BCUT2D eigenvalue weighted by Crippen LogP contribution is -2.44. The second-order valence-electron chi connectivity index (χ2n) is 27.4. The van der Waals surface area contributed by atoms with Gasteiger partial charge in [0.05, 0.1) is 11.1 Å². The van der Waals surface area contributed by atoms with Crippen molar-refractivity contribution < 1.29 is 82.7 Å². The first-order valence-corrected chi connectivity index (χ1v) is 33.2. The van der Waals surface area contributed by atoms with Crippen molar-refractivity contribution in [2.75, 3.05) is 39.8 Å². The van der Waals surface area contributed by atoms with Crippen molar-refractivity contribution in [2.24, 2.45) is 76.8 Å². The van der Waals surface area contributed by atoms with Crippen molar-refractivity contribution >= 4 is 59.1 Å². The zero-order valence-electron chi connectivity index (χ0n) is 61.5. The molecule has 2 aromatic carbocycles. The lowest BCUT2D eigenvalue weighted by molar-refractivity contribution is -0.162. The number of imide groups is 1. The highest BCUT2D eigenvalue weighted by molar-refractivity contribution is 6.20. The van der Waals surface area contributed by atoms with E-state index in [1.807, 2.05) is 138 Å². The Kier molecular flexibility index (Phi) is 52.6. The molecule has 5 atom stereocenters. The van der Waals surface area contributed by atoms with E-state index in [1.165, 1.54) is 18.2 Å². The fourth-order valence-corrected chi connectivity index (χ4v) is 8.24. The number of nitrogens with two attached hydrogens (primary N) is 3. The molecule has 0 unspecified atom stereocenters. The second-order valence-corrected chi connectivity index (χ2v) is 27.4. The number of nitrogens with one attached hydrogen (secondary N) is 8. The molecule has 0 spiro atoms. The quantitative estimate of drug-likeness (QED) is 0.0212. The molecule has 0 saturated carbocycles. The molecule has 0 aliphatic carbocycles. The molecule has 17 N–H and O–H groups in total. The molecular formula is C69H126N12O17. The van der Waals surface area contributed by atoms with E-state index in [2.05, 4.69) is 59.5 Å². The van der Waals surface area contributed by atoms with Crippen molar-refractivity contribution in [3.8, 4) is 0 Å². The zero-order chi connectivity index (χ0) is 74.1. The predicted octanol–water partition coefficient (Wildman–Crippen LogP) is 5.93. The van der Waals surface area contributed by atoms with Gasteiger partial charge >= 0.3 is 0 Å². The summed E-state index contributed by atoms with van der Waals surface area (Å²) in [5, 5.41) is 21.7. The molecule has 29 nitrogen and oxygen atoms in total. The maximum Gasteiger partial charge on any atom is 0.285 e. The third-order valence-electron chi connectivity index (χ3n) is 13.1. The number of amides is 10. The molecule has 3 rings (SSSR count). The molecule has 0 aromatic heterocycles.